The largest absolute Gasteiger partial charge is 0.481 e. The number of carboxylic acids is 1. The molecule has 3 rings (SSSR count). The highest BCUT2D eigenvalue weighted by Crippen LogP contribution is 2.51. The molecule has 0 radical (unpaired) electrons. The molecule has 20 heavy (non-hydrogen) atoms. The van der Waals surface area contributed by atoms with Crippen molar-refractivity contribution in [3.63, 3.8) is 0 Å². The number of nitrogens with zero attached hydrogens (tertiary/aromatic N) is 1. The molecular weight excluding hydrogens is 266 g/mol. The van der Waals surface area contributed by atoms with Crippen LogP contribution in [0.15, 0.2) is 12.2 Å². The Morgan fingerprint density at radius 3 is 3.00 bits per heavy atom. The maximum Gasteiger partial charge on any atom is 0.325 e. The van der Waals surface area contributed by atoms with Gasteiger partial charge in [0.15, 0.2) is 0 Å². The van der Waals surface area contributed by atoms with Gasteiger partial charge < -0.3 is 19.5 Å². The minimum Gasteiger partial charge on any atom is -0.481 e. The summed E-state index contributed by atoms with van der Waals surface area (Å²) in [6.07, 6.45) is 2.90. The lowest BCUT2D eigenvalue weighted by molar-refractivity contribution is -0.151. The SMILES string of the molecule is CCOC(=O)CN1C[C@]23C=C[C@@H](O2)[C@H](C(=O)O)[C@@H]3C1=O. The second kappa shape index (κ2) is 4.31. The van der Waals surface area contributed by atoms with E-state index in [-0.39, 0.29) is 25.6 Å². The first-order valence-corrected chi connectivity index (χ1v) is 6.53. The molecule has 1 spiro atoms. The molecule has 2 bridgehead atoms. The van der Waals surface area contributed by atoms with Crippen LogP contribution in [0.4, 0.5) is 0 Å². The van der Waals surface area contributed by atoms with Gasteiger partial charge in [0.25, 0.3) is 0 Å². The van der Waals surface area contributed by atoms with E-state index in [1.165, 1.54) is 4.90 Å². The first-order valence-electron chi connectivity index (χ1n) is 6.53. The monoisotopic (exact) mass is 281 g/mol. The van der Waals surface area contributed by atoms with Gasteiger partial charge in [0, 0.05) is 0 Å². The van der Waals surface area contributed by atoms with Crippen LogP contribution in [0.5, 0.6) is 0 Å². The highest BCUT2D eigenvalue weighted by Gasteiger charge is 2.67. The molecule has 4 atom stereocenters. The molecule has 1 amide bonds. The predicted molar refractivity (Wildman–Crippen MR) is 64.6 cm³/mol. The van der Waals surface area contributed by atoms with Crippen molar-refractivity contribution in [3.8, 4) is 0 Å². The van der Waals surface area contributed by atoms with Gasteiger partial charge >= 0.3 is 11.9 Å². The first kappa shape index (κ1) is 13.1. The molecular formula is C13H15NO6. The molecule has 7 nitrogen and oxygen atoms in total. The molecule has 3 aliphatic rings. The lowest BCUT2D eigenvalue weighted by Crippen LogP contribution is -2.39. The molecule has 0 aromatic heterocycles. The highest BCUT2D eigenvalue weighted by atomic mass is 16.5. The topological polar surface area (TPSA) is 93.1 Å². The fourth-order valence-electron chi connectivity index (χ4n) is 3.36. The van der Waals surface area contributed by atoms with E-state index in [0.717, 1.165) is 0 Å². The second-order valence-corrected chi connectivity index (χ2v) is 5.24. The van der Waals surface area contributed by atoms with Crippen molar-refractivity contribution >= 4 is 17.8 Å². The number of likely N-dealkylation sites (tertiary alicyclic amines) is 1. The van der Waals surface area contributed by atoms with E-state index in [1.54, 1.807) is 19.1 Å². The van der Waals surface area contributed by atoms with Gasteiger partial charge in [-0.05, 0) is 6.92 Å². The molecule has 3 heterocycles. The number of ether oxygens (including phenoxy) is 2. The Bertz CT molecular complexity index is 515. The minimum absolute atomic E-state index is 0.168. The van der Waals surface area contributed by atoms with E-state index >= 15 is 0 Å². The quantitative estimate of drug-likeness (QED) is 0.547. The number of amides is 1. The van der Waals surface area contributed by atoms with Crippen molar-refractivity contribution in [2.75, 3.05) is 19.7 Å². The zero-order valence-electron chi connectivity index (χ0n) is 10.9. The molecule has 108 valence electrons. The lowest BCUT2D eigenvalue weighted by atomic mass is 9.77. The summed E-state index contributed by atoms with van der Waals surface area (Å²) in [5.41, 5.74) is -0.892. The van der Waals surface area contributed by atoms with Gasteiger partial charge in [0.1, 0.15) is 18.1 Å². The third-order valence-corrected chi connectivity index (χ3v) is 4.09. The van der Waals surface area contributed by atoms with Gasteiger partial charge in [-0.15, -0.1) is 0 Å². The van der Waals surface area contributed by atoms with E-state index in [9.17, 15) is 19.5 Å². The van der Waals surface area contributed by atoms with Gasteiger partial charge in [-0.3, -0.25) is 14.4 Å². The van der Waals surface area contributed by atoms with Crippen molar-refractivity contribution in [2.24, 2.45) is 11.8 Å². The van der Waals surface area contributed by atoms with Gasteiger partial charge in [-0.2, -0.15) is 0 Å². The molecule has 2 fully saturated rings. The summed E-state index contributed by atoms with van der Waals surface area (Å²) in [7, 11) is 0. The number of esters is 1. The summed E-state index contributed by atoms with van der Waals surface area (Å²) < 4.78 is 10.5. The van der Waals surface area contributed by atoms with Crippen LogP contribution in [0.2, 0.25) is 0 Å². The van der Waals surface area contributed by atoms with Gasteiger partial charge in [-0.25, -0.2) is 0 Å². The van der Waals surface area contributed by atoms with Crippen LogP contribution in [0.3, 0.4) is 0 Å². The number of fused-ring (bicyclic) bond motifs is 1. The molecule has 0 aliphatic carbocycles. The summed E-state index contributed by atoms with van der Waals surface area (Å²) in [4.78, 5) is 36.5. The minimum atomic E-state index is -1.04. The summed E-state index contributed by atoms with van der Waals surface area (Å²) in [5.74, 6) is -3.51. The number of hydrogen-bond acceptors (Lipinski definition) is 5. The van der Waals surface area contributed by atoms with Crippen LogP contribution in [-0.4, -0.2) is 59.3 Å². The number of aliphatic carboxylic acids is 1. The Hall–Kier alpha value is -1.89. The van der Waals surface area contributed by atoms with Crippen molar-refractivity contribution in [1.29, 1.82) is 0 Å². The Morgan fingerprint density at radius 1 is 1.60 bits per heavy atom. The number of carbonyl (C=O) groups is 3. The van der Waals surface area contributed by atoms with Gasteiger partial charge in [-0.1, -0.05) is 12.2 Å². The molecule has 2 saturated heterocycles. The molecule has 7 heteroatoms. The molecule has 0 saturated carbocycles. The third-order valence-electron chi connectivity index (χ3n) is 4.09. The Balaban J connectivity index is 1.82. The summed E-state index contributed by atoms with van der Waals surface area (Å²) >= 11 is 0. The fourth-order valence-corrected chi connectivity index (χ4v) is 3.36. The van der Waals surface area contributed by atoms with E-state index in [4.69, 9.17) is 9.47 Å². The lowest BCUT2D eigenvalue weighted by Gasteiger charge is -2.21. The Morgan fingerprint density at radius 2 is 2.35 bits per heavy atom. The second-order valence-electron chi connectivity index (χ2n) is 5.24. The Kier molecular flexibility index (Phi) is 2.82. The summed E-state index contributed by atoms with van der Waals surface area (Å²) in [6, 6.07) is 0. The Labute approximate surface area is 115 Å². The standard InChI is InChI=1S/C13H15NO6/c1-2-19-8(15)5-14-6-13-4-3-7(20-13)9(12(17)18)10(13)11(14)16/h3-4,7,9-10H,2,5-6H2,1H3,(H,17,18)/t7-,9+,10-,13+/m1/s1. The third kappa shape index (κ3) is 1.66. The van der Waals surface area contributed by atoms with E-state index in [1.807, 2.05) is 0 Å². The van der Waals surface area contributed by atoms with Crippen molar-refractivity contribution in [3.05, 3.63) is 12.2 Å². The number of carboxylic acid groups (broad SMARTS) is 1. The first-order chi connectivity index (χ1) is 9.48. The average molecular weight is 281 g/mol. The molecule has 1 N–H and O–H groups in total. The summed E-state index contributed by atoms with van der Waals surface area (Å²) in [5, 5.41) is 9.27. The van der Waals surface area contributed by atoms with Crippen molar-refractivity contribution in [2.45, 2.75) is 18.6 Å². The number of rotatable bonds is 4. The zero-order valence-corrected chi connectivity index (χ0v) is 10.9. The van der Waals surface area contributed by atoms with Crippen LogP contribution < -0.4 is 0 Å². The highest BCUT2D eigenvalue weighted by molar-refractivity contribution is 5.92. The van der Waals surface area contributed by atoms with Crippen LogP contribution >= 0.6 is 0 Å². The molecule has 0 aromatic rings. The fraction of sp³-hybridized carbons (Fsp3) is 0.615. The smallest absolute Gasteiger partial charge is 0.325 e. The van der Waals surface area contributed by atoms with E-state index in [2.05, 4.69) is 0 Å². The maximum atomic E-state index is 12.4. The van der Waals surface area contributed by atoms with Crippen LogP contribution in [0.25, 0.3) is 0 Å². The van der Waals surface area contributed by atoms with E-state index in [0.29, 0.717) is 0 Å². The molecule has 0 unspecified atom stereocenters. The maximum absolute atomic E-state index is 12.4. The van der Waals surface area contributed by atoms with Gasteiger partial charge in [0.2, 0.25) is 5.91 Å². The van der Waals surface area contributed by atoms with Crippen LogP contribution in [0.1, 0.15) is 6.92 Å². The summed E-state index contributed by atoms with van der Waals surface area (Å²) in [6.45, 7) is 1.96. The van der Waals surface area contributed by atoms with Crippen LogP contribution in [0, 0.1) is 11.8 Å². The molecule has 0 aromatic carbocycles. The van der Waals surface area contributed by atoms with E-state index < -0.39 is 35.5 Å². The van der Waals surface area contributed by atoms with Crippen LogP contribution in [-0.2, 0) is 23.9 Å². The zero-order chi connectivity index (χ0) is 14.5. The van der Waals surface area contributed by atoms with Crippen molar-refractivity contribution < 1.29 is 29.0 Å². The number of hydrogen-bond donors (Lipinski definition) is 1. The van der Waals surface area contributed by atoms with Crippen molar-refractivity contribution in [1.82, 2.24) is 4.90 Å². The normalized spacial score (nSPS) is 37.4. The number of carbonyl (C=O) groups excluding carboxylic acids is 2. The predicted octanol–water partition coefficient (Wildman–Crippen LogP) is -0.584. The molecule has 3 aliphatic heterocycles. The average Bonchev–Trinajstić information content (AvgIpc) is 2.99. The van der Waals surface area contributed by atoms with Gasteiger partial charge in [0.05, 0.1) is 25.2 Å².